The summed E-state index contributed by atoms with van der Waals surface area (Å²) < 4.78 is 71.7. The van der Waals surface area contributed by atoms with Gasteiger partial charge in [-0.2, -0.15) is 21.6 Å². The molecule has 1 atom stereocenters. The van der Waals surface area contributed by atoms with Crippen LogP contribution in [-0.4, -0.2) is 31.5 Å². The van der Waals surface area contributed by atoms with Crippen LogP contribution in [0.5, 0.6) is 0 Å². The zero-order valence-corrected chi connectivity index (χ0v) is 12.1. The summed E-state index contributed by atoms with van der Waals surface area (Å²) in [7, 11) is -4.68. The van der Waals surface area contributed by atoms with Crippen LogP contribution >= 0.6 is 0 Å². The van der Waals surface area contributed by atoms with E-state index in [4.69, 9.17) is 0 Å². The first kappa shape index (κ1) is 16.7. The van der Waals surface area contributed by atoms with Crippen molar-refractivity contribution in [3.05, 3.63) is 35.4 Å². The molecule has 4 nitrogen and oxygen atoms in total. The van der Waals surface area contributed by atoms with Crippen LogP contribution in [-0.2, 0) is 27.7 Å². The van der Waals surface area contributed by atoms with Crippen LogP contribution in [0.4, 0.5) is 17.1 Å². The Balaban J connectivity index is 2.07. The number of carbonyl (C=O) groups is 1. The van der Waals surface area contributed by atoms with E-state index in [-0.39, 0.29) is 25.1 Å². The minimum atomic E-state index is -4.68. The maximum Gasteiger partial charge on any atom is 0.416 e. The maximum absolute atomic E-state index is 12.6. The van der Waals surface area contributed by atoms with Crippen molar-refractivity contribution in [3.63, 3.8) is 0 Å². The van der Waals surface area contributed by atoms with E-state index in [0.717, 1.165) is 12.1 Å². The molecule has 0 bridgehead atoms. The Morgan fingerprint density at radius 3 is 2.55 bits per heavy atom. The van der Waals surface area contributed by atoms with Crippen LogP contribution in [0.25, 0.3) is 0 Å². The van der Waals surface area contributed by atoms with Crippen molar-refractivity contribution in [1.29, 1.82) is 0 Å². The topological polar surface area (TPSA) is 54.5 Å². The molecule has 9 heteroatoms. The lowest BCUT2D eigenvalue weighted by Gasteiger charge is -2.17. The second-order valence-corrected chi connectivity index (χ2v) is 6.66. The van der Waals surface area contributed by atoms with Crippen LogP contribution < -0.4 is 0 Å². The summed E-state index contributed by atoms with van der Waals surface area (Å²) in [5.41, 5.74) is -0.536. The van der Waals surface area contributed by atoms with E-state index in [1.54, 1.807) is 0 Å². The molecule has 0 spiro atoms. The Hall–Kier alpha value is -1.64. The molecule has 0 saturated carbocycles. The molecule has 0 N–H and O–H groups in total. The SMILES string of the molecule is O=C1CC(CS(=O)(=O)F)CN1Cc1cccc(C(F)(F)F)c1. The summed E-state index contributed by atoms with van der Waals surface area (Å²) in [6, 6.07) is 4.55. The zero-order chi connectivity index (χ0) is 16.5. The summed E-state index contributed by atoms with van der Waals surface area (Å²) in [6.45, 7) is -0.0518. The molecule has 122 valence electrons. The van der Waals surface area contributed by atoms with Crippen LogP contribution in [0.1, 0.15) is 17.5 Å². The highest BCUT2D eigenvalue weighted by Gasteiger charge is 2.34. The maximum atomic E-state index is 12.6. The Labute approximate surface area is 124 Å². The van der Waals surface area contributed by atoms with Gasteiger partial charge in [-0.15, -0.1) is 3.89 Å². The molecule has 1 heterocycles. The molecule has 1 aliphatic rings. The summed E-state index contributed by atoms with van der Waals surface area (Å²) in [5, 5.41) is 0. The Morgan fingerprint density at radius 1 is 1.27 bits per heavy atom. The minimum Gasteiger partial charge on any atom is -0.338 e. The van der Waals surface area contributed by atoms with Gasteiger partial charge in [-0.25, -0.2) is 0 Å². The second kappa shape index (κ2) is 5.86. The van der Waals surface area contributed by atoms with Crippen molar-refractivity contribution in [2.75, 3.05) is 12.3 Å². The Bertz CT molecular complexity index is 672. The third kappa shape index (κ3) is 4.43. The smallest absolute Gasteiger partial charge is 0.338 e. The quantitative estimate of drug-likeness (QED) is 0.625. The largest absolute Gasteiger partial charge is 0.416 e. The highest BCUT2D eigenvalue weighted by molar-refractivity contribution is 7.86. The van der Waals surface area contributed by atoms with Gasteiger partial charge in [0, 0.05) is 25.4 Å². The van der Waals surface area contributed by atoms with E-state index >= 15 is 0 Å². The molecule has 0 aliphatic carbocycles. The van der Waals surface area contributed by atoms with Crippen LogP contribution in [0.2, 0.25) is 0 Å². The highest BCUT2D eigenvalue weighted by atomic mass is 32.3. The van der Waals surface area contributed by atoms with Gasteiger partial charge in [0.05, 0.1) is 11.3 Å². The van der Waals surface area contributed by atoms with E-state index in [9.17, 15) is 30.3 Å². The number of benzene rings is 1. The highest BCUT2D eigenvalue weighted by Crippen LogP contribution is 2.30. The zero-order valence-electron chi connectivity index (χ0n) is 11.3. The van der Waals surface area contributed by atoms with Crippen molar-refractivity contribution in [2.24, 2.45) is 5.92 Å². The van der Waals surface area contributed by atoms with Crippen LogP contribution in [0.15, 0.2) is 24.3 Å². The Kier molecular flexibility index (Phi) is 4.46. The number of nitrogens with zero attached hydrogens (tertiary/aromatic N) is 1. The van der Waals surface area contributed by atoms with Crippen LogP contribution in [0.3, 0.4) is 0 Å². The molecule has 1 amide bonds. The number of amides is 1. The van der Waals surface area contributed by atoms with E-state index in [1.165, 1.54) is 17.0 Å². The molecule has 22 heavy (non-hydrogen) atoms. The first-order valence-corrected chi connectivity index (χ1v) is 7.96. The molecular formula is C13H13F4NO3S. The molecule has 0 radical (unpaired) electrons. The molecule has 1 unspecified atom stereocenters. The predicted molar refractivity (Wildman–Crippen MR) is 69.9 cm³/mol. The number of alkyl halides is 3. The number of carbonyl (C=O) groups excluding carboxylic acids is 1. The molecule has 1 aromatic carbocycles. The first-order valence-electron chi connectivity index (χ1n) is 6.41. The average molecular weight is 339 g/mol. The average Bonchev–Trinajstić information content (AvgIpc) is 2.66. The summed E-state index contributed by atoms with van der Waals surface area (Å²) in [5.74, 6) is -1.82. The number of hydrogen-bond acceptors (Lipinski definition) is 3. The summed E-state index contributed by atoms with van der Waals surface area (Å²) in [6.07, 6.45) is -4.60. The predicted octanol–water partition coefficient (Wildman–Crippen LogP) is 2.35. The fraction of sp³-hybridized carbons (Fsp3) is 0.462. The van der Waals surface area contributed by atoms with Gasteiger partial charge in [-0.3, -0.25) is 4.79 Å². The molecule has 1 saturated heterocycles. The van der Waals surface area contributed by atoms with Gasteiger partial charge in [0.2, 0.25) is 5.91 Å². The van der Waals surface area contributed by atoms with E-state index in [1.807, 2.05) is 0 Å². The number of hydrogen-bond donors (Lipinski definition) is 0. The van der Waals surface area contributed by atoms with E-state index in [0.29, 0.717) is 0 Å². The second-order valence-electron chi connectivity index (χ2n) is 5.25. The summed E-state index contributed by atoms with van der Waals surface area (Å²) in [4.78, 5) is 13.0. The molecule has 1 aromatic rings. The number of likely N-dealkylation sites (tertiary alicyclic amines) is 1. The third-order valence-electron chi connectivity index (χ3n) is 3.36. The third-order valence-corrected chi connectivity index (χ3v) is 4.23. The van der Waals surface area contributed by atoms with Gasteiger partial charge in [-0.1, -0.05) is 12.1 Å². The molecule has 1 aliphatic heterocycles. The normalized spacial score (nSPS) is 19.7. The monoisotopic (exact) mass is 339 g/mol. The minimum absolute atomic E-state index is 0.0121. The lowest BCUT2D eigenvalue weighted by atomic mass is 10.1. The molecular weight excluding hydrogens is 326 g/mol. The van der Waals surface area contributed by atoms with Crippen molar-refractivity contribution >= 4 is 16.1 Å². The Morgan fingerprint density at radius 2 is 1.95 bits per heavy atom. The van der Waals surface area contributed by atoms with Gasteiger partial charge in [-0.05, 0) is 17.7 Å². The molecule has 1 fully saturated rings. The van der Waals surface area contributed by atoms with Gasteiger partial charge in [0.25, 0.3) is 0 Å². The van der Waals surface area contributed by atoms with Gasteiger partial charge >= 0.3 is 16.4 Å². The first-order chi connectivity index (χ1) is 10.0. The fourth-order valence-corrected chi connectivity index (χ4v) is 3.25. The van der Waals surface area contributed by atoms with Crippen molar-refractivity contribution < 1.29 is 30.3 Å². The van der Waals surface area contributed by atoms with Crippen molar-refractivity contribution in [2.45, 2.75) is 19.1 Å². The van der Waals surface area contributed by atoms with E-state index in [2.05, 4.69) is 0 Å². The number of rotatable bonds is 4. The standard InChI is InChI=1S/C13H13F4NO3S/c14-13(15,16)11-3-1-2-9(4-11)6-18-7-10(5-12(18)19)8-22(17,20)21/h1-4,10H,5-8H2. The lowest BCUT2D eigenvalue weighted by molar-refractivity contribution is -0.137. The van der Waals surface area contributed by atoms with Gasteiger partial charge in [0.15, 0.2) is 0 Å². The summed E-state index contributed by atoms with van der Waals surface area (Å²) >= 11 is 0. The fourth-order valence-electron chi connectivity index (χ4n) is 2.47. The van der Waals surface area contributed by atoms with Gasteiger partial charge in [0.1, 0.15) is 0 Å². The van der Waals surface area contributed by atoms with Crippen molar-refractivity contribution in [1.82, 2.24) is 4.90 Å². The molecule has 2 rings (SSSR count). The van der Waals surface area contributed by atoms with Gasteiger partial charge < -0.3 is 4.90 Å². The van der Waals surface area contributed by atoms with Crippen molar-refractivity contribution in [3.8, 4) is 0 Å². The van der Waals surface area contributed by atoms with E-state index < -0.39 is 39.5 Å². The number of halogens is 4. The lowest BCUT2D eigenvalue weighted by Crippen LogP contribution is -2.25. The van der Waals surface area contributed by atoms with Crippen LogP contribution in [0, 0.1) is 5.92 Å². The molecule has 0 aromatic heterocycles.